The predicted molar refractivity (Wildman–Crippen MR) is 92.1 cm³/mol. The second-order valence-corrected chi connectivity index (χ2v) is 6.04. The molecule has 0 amide bonds. The molecule has 0 spiro atoms. The zero-order valence-corrected chi connectivity index (χ0v) is 16.8. The Bertz CT molecular complexity index is 1040. The summed E-state index contributed by atoms with van der Waals surface area (Å²) in [5, 5.41) is 4.45. The predicted octanol–water partition coefficient (Wildman–Crippen LogP) is 4.11. The van der Waals surface area contributed by atoms with Crippen molar-refractivity contribution in [3.63, 3.8) is 0 Å². The van der Waals surface area contributed by atoms with Gasteiger partial charge in [0.1, 0.15) is 6.33 Å². The van der Waals surface area contributed by atoms with Crippen LogP contribution in [-0.2, 0) is 20.1 Å². The van der Waals surface area contributed by atoms with E-state index in [1.54, 1.807) is 6.33 Å². The summed E-state index contributed by atoms with van der Waals surface area (Å²) in [6, 6.07) is 11.2. The fraction of sp³-hybridized carbons (Fsp3) is 0.211. The summed E-state index contributed by atoms with van der Waals surface area (Å²) < 4.78 is 7.49. The van der Waals surface area contributed by atoms with Gasteiger partial charge in [-0.3, -0.25) is 14.6 Å². The summed E-state index contributed by atoms with van der Waals surface area (Å²) >= 11 is 0. The van der Waals surface area contributed by atoms with Crippen molar-refractivity contribution in [1.29, 1.82) is 0 Å². The van der Waals surface area contributed by atoms with Crippen molar-refractivity contribution in [2.75, 3.05) is 0 Å². The number of benzene rings is 2. The number of hydrogen-bond donors (Lipinski definition) is 0. The molecular weight excluding hydrogens is 492 g/mol. The minimum atomic E-state index is 0. The molecule has 0 aliphatic rings. The van der Waals surface area contributed by atoms with Crippen LogP contribution in [0.2, 0.25) is 0 Å². The summed E-state index contributed by atoms with van der Waals surface area (Å²) in [7, 11) is 0. The quantitative estimate of drug-likeness (QED) is 0.382. The van der Waals surface area contributed by atoms with Gasteiger partial charge in [0.25, 0.3) is 0 Å². The van der Waals surface area contributed by atoms with Gasteiger partial charge in [-0.25, -0.2) is 0 Å². The number of rotatable bonds is 2. The van der Waals surface area contributed by atoms with Gasteiger partial charge in [-0.2, -0.15) is 5.10 Å². The number of fused-ring (bicyclic) bond motifs is 1. The first kappa shape index (κ1) is 17.5. The molecule has 0 aliphatic carbocycles. The van der Waals surface area contributed by atoms with Crippen LogP contribution in [0.1, 0.15) is 22.6 Å². The van der Waals surface area contributed by atoms with Crippen LogP contribution in [-0.4, -0.2) is 19.7 Å². The molecule has 129 valence electrons. The van der Waals surface area contributed by atoms with Crippen molar-refractivity contribution in [3.05, 3.63) is 59.2 Å². The minimum Gasteiger partial charge on any atom is -0.461 e. The van der Waals surface area contributed by atoms with Crippen LogP contribution in [0.3, 0.4) is 0 Å². The van der Waals surface area contributed by atoms with Gasteiger partial charge in [0.05, 0.1) is 17.1 Å². The number of aryl methyl sites for hydroxylation is 4. The molecule has 6 heteroatoms. The third kappa shape index (κ3) is 2.92. The Morgan fingerprint density at radius 3 is 2.52 bits per heavy atom. The Hall–Kier alpha value is -2.30. The second kappa shape index (κ2) is 6.54. The van der Waals surface area contributed by atoms with Crippen LogP contribution in [0.5, 0.6) is 0 Å². The summed E-state index contributed by atoms with van der Waals surface area (Å²) in [5.74, 6) is 1.34. The van der Waals surface area contributed by atoms with Crippen LogP contribution in [0.15, 0.2) is 35.0 Å². The molecule has 0 N–H and O–H groups in total. The number of nitrogens with zero attached hydrogens (tertiary/aromatic N) is 4. The molecule has 0 saturated carbocycles. The van der Waals surface area contributed by atoms with E-state index in [0.717, 1.165) is 33.5 Å². The van der Waals surface area contributed by atoms with Crippen LogP contribution in [0.4, 0.5) is 0 Å². The van der Waals surface area contributed by atoms with Gasteiger partial charge in [0, 0.05) is 32.5 Å². The van der Waals surface area contributed by atoms with E-state index in [9.17, 15) is 0 Å². The van der Waals surface area contributed by atoms with Gasteiger partial charge < -0.3 is 4.42 Å². The maximum absolute atomic E-state index is 5.63. The zero-order chi connectivity index (χ0) is 16.8. The van der Waals surface area contributed by atoms with Crippen LogP contribution < -0.4 is 0 Å². The van der Waals surface area contributed by atoms with Crippen molar-refractivity contribution in [1.82, 2.24) is 19.7 Å². The van der Waals surface area contributed by atoms with Gasteiger partial charge in [0.2, 0.25) is 0 Å². The molecular formula is C19H17IrN4O-. The minimum absolute atomic E-state index is 0. The fourth-order valence-electron chi connectivity index (χ4n) is 3.26. The van der Waals surface area contributed by atoms with E-state index in [-0.39, 0.29) is 20.1 Å². The van der Waals surface area contributed by atoms with Crippen molar-refractivity contribution >= 4 is 11.1 Å². The zero-order valence-electron chi connectivity index (χ0n) is 14.4. The Labute approximate surface area is 159 Å². The molecule has 0 saturated heterocycles. The van der Waals surface area contributed by atoms with Gasteiger partial charge in [-0.1, -0.05) is 29.3 Å². The molecule has 0 bridgehead atoms. The van der Waals surface area contributed by atoms with Crippen LogP contribution in [0.25, 0.3) is 28.2 Å². The first-order valence-electron chi connectivity index (χ1n) is 7.81. The number of hydrogen-bond acceptors (Lipinski definition) is 4. The average molecular weight is 510 g/mol. The Morgan fingerprint density at radius 1 is 1.08 bits per heavy atom. The fourth-order valence-corrected chi connectivity index (χ4v) is 3.26. The van der Waals surface area contributed by atoms with E-state index < -0.39 is 0 Å². The molecule has 2 aromatic carbocycles. The van der Waals surface area contributed by atoms with E-state index in [1.165, 1.54) is 5.56 Å². The number of aromatic nitrogens is 4. The second-order valence-electron chi connectivity index (χ2n) is 6.04. The molecule has 0 unspecified atom stereocenters. The van der Waals surface area contributed by atoms with E-state index in [4.69, 9.17) is 4.42 Å². The third-order valence-corrected chi connectivity index (χ3v) is 4.08. The Kier molecular flexibility index (Phi) is 4.58. The van der Waals surface area contributed by atoms with Crippen molar-refractivity contribution < 1.29 is 24.5 Å². The maximum Gasteiger partial charge on any atom is 0.180 e. The molecule has 5 nitrogen and oxygen atoms in total. The Morgan fingerprint density at radius 2 is 1.80 bits per heavy atom. The first-order valence-corrected chi connectivity index (χ1v) is 7.81. The van der Waals surface area contributed by atoms with Crippen molar-refractivity contribution in [3.8, 4) is 17.1 Å². The maximum atomic E-state index is 5.63. The SMILES string of the molecule is Cc1cc(C)c(-n2ncnc2-c2[c-]ccc3oc(C)nc23)c(C)c1.[Ir]. The number of oxazole rings is 1. The molecule has 0 aliphatic heterocycles. The molecule has 0 fully saturated rings. The van der Waals surface area contributed by atoms with Crippen LogP contribution in [0, 0.1) is 33.8 Å². The van der Waals surface area contributed by atoms with Gasteiger partial charge in [0.15, 0.2) is 5.89 Å². The summed E-state index contributed by atoms with van der Waals surface area (Å²) in [6.07, 6.45) is 1.56. The monoisotopic (exact) mass is 510 g/mol. The molecule has 25 heavy (non-hydrogen) atoms. The molecule has 4 aromatic rings. The first-order chi connectivity index (χ1) is 11.5. The molecule has 2 heterocycles. The molecule has 1 radical (unpaired) electrons. The standard InChI is InChI=1S/C19H17N4O.Ir/c1-11-8-12(2)18(13(3)9-11)23-19(20-10-21-23)15-6-5-7-16-17(15)22-14(4)24-16;/h5,7-10H,1-4H3;/q-1;. The summed E-state index contributed by atoms with van der Waals surface area (Å²) in [4.78, 5) is 8.95. The van der Waals surface area contributed by atoms with E-state index in [0.29, 0.717) is 11.7 Å². The van der Waals surface area contributed by atoms with Crippen LogP contribution >= 0.6 is 0 Å². The average Bonchev–Trinajstić information content (AvgIpc) is 3.11. The smallest absolute Gasteiger partial charge is 0.180 e. The largest absolute Gasteiger partial charge is 0.461 e. The topological polar surface area (TPSA) is 56.7 Å². The van der Waals surface area contributed by atoms with Crippen molar-refractivity contribution in [2.24, 2.45) is 0 Å². The molecule has 4 rings (SSSR count). The molecule has 2 aromatic heterocycles. The van der Waals surface area contributed by atoms with E-state index in [1.807, 2.05) is 23.7 Å². The Balaban J connectivity index is 0.00000182. The van der Waals surface area contributed by atoms with E-state index >= 15 is 0 Å². The van der Waals surface area contributed by atoms with Gasteiger partial charge >= 0.3 is 0 Å². The van der Waals surface area contributed by atoms with Gasteiger partial charge in [-0.05, 0) is 31.9 Å². The normalized spacial score (nSPS) is 10.9. The molecule has 0 atom stereocenters. The van der Waals surface area contributed by atoms with E-state index in [2.05, 4.69) is 54.0 Å². The van der Waals surface area contributed by atoms with Gasteiger partial charge in [-0.15, -0.1) is 12.1 Å². The third-order valence-electron chi connectivity index (χ3n) is 4.08. The summed E-state index contributed by atoms with van der Waals surface area (Å²) in [6.45, 7) is 8.11. The van der Waals surface area contributed by atoms with Crippen molar-refractivity contribution in [2.45, 2.75) is 27.7 Å². The summed E-state index contributed by atoms with van der Waals surface area (Å²) in [5.41, 5.74) is 6.86.